The number of nitro benzene ring substituents is 1. The van der Waals surface area contributed by atoms with Crippen molar-refractivity contribution in [2.45, 2.75) is 26.2 Å². The van der Waals surface area contributed by atoms with E-state index in [9.17, 15) is 19.7 Å². The van der Waals surface area contributed by atoms with Gasteiger partial charge in [-0.1, -0.05) is 40.9 Å². The third-order valence-corrected chi connectivity index (χ3v) is 5.47. The molecule has 0 spiro atoms. The number of ether oxygens (including phenoxy) is 2. The smallest absolute Gasteiger partial charge is 0.343 e. The average molecular weight is 552 g/mol. The van der Waals surface area contributed by atoms with Crippen LogP contribution in [0.5, 0.6) is 5.75 Å². The second-order valence-corrected chi connectivity index (χ2v) is 8.47. The van der Waals surface area contributed by atoms with Gasteiger partial charge in [0.2, 0.25) is 5.75 Å². The lowest BCUT2D eigenvalue weighted by atomic mass is 10.2. The van der Waals surface area contributed by atoms with Gasteiger partial charge in [0.25, 0.3) is 5.56 Å². The van der Waals surface area contributed by atoms with Crippen LogP contribution in [0, 0.1) is 10.1 Å². The number of halogens is 2. The van der Waals surface area contributed by atoms with E-state index in [0.717, 1.165) is 23.6 Å². The van der Waals surface area contributed by atoms with Crippen molar-refractivity contribution in [3.8, 4) is 5.75 Å². The molecule has 0 amide bonds. The first-order valence-electron chi connectivity index (χ1n) is 10.2. The van der Waals surface area contributed by atoms with E-state index < -0.39 is 28.7 Å². The largest absolute Gasteiger partial charge is 0.474 e. The highest BCUT2D eigenvalue weighted by atomic mass is 79.9. The Morgan fingerprint density at radius 3 is 2.79 bits per heavy atom. The average Bonchev–Trinajstić information content (AvgIpc) is 2.81. The molecule has 0 aliphatic carbocycles. The maximum atomic E-state index is 13.2. The fourth-order valence-corrected chi connectivity index (χ4v) is 3.69. The summed E-state index contributed by atoms with van der Waals surface area (Å²) >= 11 is 9.42. The zero-order valence-electron chi connectivity index (χ0n) is 18.3. The lowest BCUT2D eigenvalue weighted by Crippen LogP contribution is -2.22. The summed E-state index contributed by atoms with van der Waals surface area (Å²) in [5, 5.41) is 16.2. The van der Waals surface area contributed by atoms with Crippen LogP contribution in [-0.2, 0) is 16.0 Å². The summed E-state index contributed by atoms with van der Waals surface area (Å²) in [5.41, 5.74) is -0.226. The molecule has 0 bridgehead atoms. The van der Waals surface area contributed by atoms with E-state index in [-0.39, 0.29) is 16.3 Å². The number of nitrogens with zero attached hydrogens (tertiary/aromatic N) is 4. The number of esters is 1. The topological polar surface area (TPSA) is 126 Å². The van der Waals surface area contributed by atoms with Crippen molar-refractivity contribution < 1.29 is 19.2 Å². The maximum Gasteiger partial charge on any atom is 0.343 e. The minimum Gasteiger partial charge on any atom is -0.474 e. The number of aromatic nitrogens is 2. The molecule has 0 aliphatic heterocycles. The fraction of sp³-hybridized carbons (Fsp3) is 0.273. The molecule has 178 valence electrons. The Balaban J connectivity index is 2.16. The second kappa shape index (κ2) is 11.2. The van der Waals surface area contributed by atoms with Gasteiger partial charge in [0.05, 0.1) is 29.2 Å². The van der Waals surface area contributed by atoms with Crippen LogP contribution >= 0.6 is 27.5 Å². The standard InChI is InChI=1S/C22H20BrClN4O6/c1-3-4-5-19-26-17-7-6-14(23)9-16(17)22(30)27(19)25-11-13-8-15(24)10-18(28(31)32)21(13)34-12-20(29)33-2/h6-11H,3-5,12H2,1-2H3. The second-order valence-electron chi connectivity index (χ2n) is 7.12. The number of hydrogen-bond donors (Lipinski definition) is 0. The number of aryl methyl sites for hydroxylation is 1. The molecule has 3 aromatic rings. The highest BCUT2D eigenvalue weighted by Gasteiger charge is 2.22. The number of unbranched alkanes of at least 4 members (excludes halogenated alkanes) is 1. The molecule has 0 atom stereocenters. The highest BCUT2D eigenvalue weighted by Crippen LogP contribution is 2.33. The van der Waals surface area contributed by atoms with Crippen LogP contribution in [0.3, 0.4) is 0 Å². The minimum atomic E-state index is -0.727. The van der Waals surface area contributed by atoms with Gasteiger partial charge >= 0.3 is 11.7 Å². The highest BCUT2D eigenvalue weighted by molar-refractivity contribution is 9.10. The summed E-state index contributed by atoms with van der Waals surface area (Å²) in [4.78, 5) is 40.2. The molecule has 0 saturated heterocycles. The molecule has 1 heterocycles. The number of hydrogen-bond acceptors (Lipinski definition) is 8. The predicted octanol–water partition coefficient (Wildman–Crippen LogP) is 4.50. The van der Waals surface area contributed by atoms with E-state index in [4.69, 9.17) is 16.3 Å². The van der Waals surface area contributed by atoms with Crippen LogP contribution in [0.25, 0.3) is 10.9 Å². The summed E-state index contributed by atoms with van der Waals surface area (Å²) in [7, 11) is 1.17. The van der Waals surface area contributed by atoms with Crippen LogP contribution in [0.15, 0.2) is 44.7 Å². The zero-order valence-corrected chi connectivity index (χ0v) is 20.6. The Kier molecular flexibility index (Phi) is 8.35. The van der Waals surface area contributed by atoms with Gasteiger partial charge in [-0.15, -0.1) is 0 Å². The number of nitro groups is 1. The summed E-state index contributed by atoms with van der Waals surface area (Å²) in [5.74, 6) is -0.524. The number of rotatable bonds is 9. The summed E-state index contributed by atoms with van der Waals surface area (Å²) < 4.78 is 11.8. The first kappa shape index (κ1) is 25.3. The van der Waals surface area contributed by atoms with Gasteiger partial charge in [-0.3, -0.25) is 14.9 Å². The third kappa shape index (κ3) is 5.78. The van der Waals surface area contributed by atoms with Crippen molar-refractivity contribution in [1.82, 2.24) is 9.66 Å². The number of benzene rings is 2. The van der Waals surface area contributed by atoms with Crippen LogP contribution in [0.1, 0.15) is 31.2 Å². The van der Waals surface area contributed by atoms with Crippen LogP contribution in [-0.4, -0.2) is 40.5 Å². The molecule has 12 heteroatoms. The summed E-state index contributed by atoms with van der Waals surface area (Å²) in [6, 6.07) is 7.66. The van der Waals surface area contributed by atoms with Crippen molar-refractivity contribution >= 4 is 56.3 Å². The monoisotopic (exact) mass is 550 g/mol. The van der Waals surface area contributed by atoms with Crippen LogP contribution in [0.4, 0.5) is 5.69 Å². The van der Waals surface area contributed by atoms with Crippen LogP contribution in [0.2, 0.25) is 5.02 Å². The van der Waals surface area contributed by atoms with E-state index in [1.165, 1.54) is 19.4 Å². The van der Waals surface area contributed by atoms with Crippen LogP contribution < -0.4 is 10.3 Å². The number of methoxy groups -OCH3 is 1. The lowest BCUT2D eigenvalue weighted by molar-refractivity contribution is -0.385. The van der Waals surface area contributed by atoms with Crippen molar-refractivity contribution in [1.29, 1.82) is 0 Å². The van der Waals surface area contributed by atoms with E-state index in [1.807, 2.05) is 6.92 Å². The first-order chi connectivity index (χ1) is 16.2. The van der Waals surface area contributed by atoms with Gasteiger partial charge in [0.1, 0.15) is 5.82 Å². The van der Waals surface area contributed by atoms with Gasteiger partial charge in [0, 0.05) is 27.5 Å². The Hall–Kier alpha value is -3.31. The predicted molar refractivity (Wildman–Crippen MR) is 131 cm³/mol. The SMILES string of the molecule is CCCCc1nc2ccc(Br)cc2c(=O)n1N=Cc1cc(Cl)cc([N+](=O)[O-])c1OCC(=O)OC. The Morgan fingerprint density at radius 2 is 2.12 bits per heavy atom. The van der Waals surface area contributed by atoms with Crippen molar-refractivity contribution in [3.63, 3.8) is 0 Å². The van der Waals surface area contributed by atoms with Gasteiger partial charge in [-0.2, -0.15) is 9.78 Å². The zero-order chi connectivity index (χ0) is 24.8. The Morgan fingerprint density at radius 1 is 1.35 bits per heavy atom. The van der Waals surface area contributed by atoms with Crippen molar-refractivity contribution in [2.75, 3.05) is 13.7 Å². The van der Waals surface area contributed by atoms with E-state index in [2.05, 4.69) is 30.8 Å². The summed E-state index contributed by atoms with van der Waals surface area (Å²) in [6.45, 7) is 1.45. The molecular weight excluding hydrogens is 532 g/mol. The molecule has 0 unspecified atom stereocenters. The van der Waals surface area contributed by atoms with E-state index in [0.29, 0.717) is 27.6 Å². The first-order valence-corrected chi connectivity index (χ1v) is 11.3. The fourth-order valence-electron chi connectivity index (χ4n) is 3.11. The number of carbonyl (C=O) groups excluding carboxylic acids is 1. The van der Waals surface area contributed by atoms with Gasteiger partial charge in [-0.05, 0) is 30.7 Å². The minimum absolute atomic E-state index is 0.0534. The molecule has 1 aromatic heterocycles. The Labute approximate surface area is 207 Å². The molecule has 3 rings (SSSR count). The van der Waals surface area contributed by atoms with E-state index in [1.54, 1.807) is 18.2 Å². The molecule has 0 N–H and O–H groups in total. The van der Waals surface area contributed by atoms with Gasteiger partial charge in [-0.25, -0.2) is 9.78 Å². The molecule has 0 radical (unpaired) electrons. The molecule has 2 aromatic carbocycles. The van der Waals surface area contributed by atoms with Crippen molar-refractivity contribution in [3.05, 3.63) is 71.7 Å². The van der Waals surface area contributed by atoms with E-state index >= 15 is 0 Å². The number of fused-ring (bicyclic) bond motifs is 1. The van der Waals surface area contributed by atoms with Gasteiger partial charge < -0.3 is 9.47 Å². The van der Waals surface area contributed by atoms with Crippen molar-refractivity contribution in [2.24, 2.45) is 5.10 Å². The van der Waals surface area contributed by atoms with Gasteiger partial charge in [0.15, 0.2) is 6.61 Å². The number of carbonyl (C=O) groups is 1. The molecule has 10 nitrogen and oxygen atoms in total. The third-order valence-electron chi connectivity index (χ3n) is 4.76. The Bertz CT molecular complexity index is 1340. The molecule has 0 fully saturated rings. The molecular formula is C22H20BrClN4O6. The molecule has 34 heavy (non-hydrogen) atoms. The summed E-state index contributed by atoms with van der Waals surface area (Å²) in [6.07, 6.45) is 3.37. The maximum absolute atomic E-state index is 13.2. The molecule has 0 aliphatic rings. The lowest BCUT2D eigenvalue weighted by Gasteiger charge is -2.11. The molecule has 0 saturated carbocycles. The quantitative estimate of drug-likeness (QED) is 0.166. The normalized spacial score (nSPS) is 11.2.